The number of nitrogens with zero attached hydrogens (tertiary/aromatic N) is 3. The molecule has 0 N–H and O–H groups in total. The third-order valence-corrected chi connectivity index (χ3v) is 3.49. The number of halogens is 1. The zero-order chi connectivity index (χ0) is 16.1. The summed E-state index contributed by atoms with van der Waals surface area (Å²) >= 11 is 0. The van der Waals surface area contributed by atoms with Gasteiger partial charge in [-0.05, 0) is 0 Å². The van der Waals surface area contributed by atoms with Gasteiger partial charge in [0.25, 0.3) is 0 Å². The van der Waals surface area contributed by atoms with Gasteiger partial charge in [-0.3, -0.25) is 9.59 Å². The molecular formula is C12H14ClK3N3O6P. The maximum Gasteiger partial charge on any atom is 1.00 e. The van der Waals surface area contributed by atoms with Gasteiger partial charge < -0.3 is 33.9 Å². The van der Waals surface area contributed by atoms with Gasteiger partial charge >= 0.3 is 154 Å². The summed E-state index contributed by atoms with van der Waals surface area (Å²) in [5, 5.41) is 0. The molecule has 4 aliphatic rings. The predicted octanol–water partition coefficient (Wildman–Crippen LogP) is -12.2. The van der Waals surface area contributed by atoms with Crippen LogP contribution in [0.4, 0.5) is 0 Å². The maximum absolute atomic E-state index is 12.4. The molecule has 0 spiro atoms. The van der Waals surface area contributed by atoms with Gasteiger partial charge in [0.15, 0.2) is 0 Å². The normalized spacial score (nSPS) is 19.7. The minimum absolute atomic E-state index is 0. The average Bonchev–Trinajstić information content (AvgIpc) is 3.24. The molecule has 128 valence electrons. The van der Waals surface area contributed by atoms with Crippen molar-refractivity contribution in [2.45, 2.75) is 0 Å². The Balaban J connectivity index is 0. The van der Waals surface area contributed by atoms with Gasteiger partial charge in [-0.2, -0.15) is 7.82 Å². The van der Waals surface area contributed by atoms with Crippen LogP contribution in [0.15, 0.2) is 23.2 Å². The van der Waals surface area contributed by atoms with Crippen molar-refractivity contribution in [3.05, 3.63) is 23.2 Å². The molecule has 3 saturated heterocycles. The maximum atomic E-state index is 12.4. The standard InChI is InChI=1S/C12H13N3O2.ClH.3K.H3O4P/c16-9-7-8(13-1-2-13)12(17)11(15-5-6-15)10(9)14-3-4-14;;;;;1-5(2,3)4/h7H,1-6H2;1H;;;;(H3,1,2,3,4)/q;;3*+1;/p-3. The summed E-state index contributed by atoms with van der Waals surface area (Å²) in [7, 11) is -5.39. The summed E-state index contributed by atoms with van der Waals surface area (Å²) in [5.74, 6) is 0.0485. The second kappa shape index (κ2) is 13.2. The van der Waals surface area contributed by atoms with Gasteiger partial charge in [-0.25, -0.2) is 0 Å². The van der Waals surface area contributed by atoms with E-state index in [2.05, 4.69) is 0 Å². The number of hydrogen-bond donors (Lipinski definition) is 0. The number of carbonyl (C=O) groups excluding carboxylic acids is 2. The number of allylic oxidation sites excluding steroid dienone is 1. The molecule has 0 radical (unpaired) electrons. The van der Waals surface area contributed by atoms with Crippen molar-refractivity contribution in [1.29, 1.82) is 0 Å². The molecule has 0 atom stereocenters. The first-order valence-corrected chi connectivity index (χ1v) is 8.24. The molecule has 0 bridgehead atoms. The van der Waals surface area contributed by atoms with Crippen LogP contribution < -0.4 is 169 Å². The number of Topliss-reactive ketones (excluding diaryl/α,β-unsaturated/α-hetero) is 1. The van der Waals surface area contributed by atoms with Crippen molar-refractivity contribution < 1.29 is 183 Å². The fourth-order valence-electron chi connectivity index (χ4n) is 2.28. The minimum atomic E-state index is -5.39. The van der Waals surface area contributed by atoms with E-state index in [-0.39, 0.29) is 178 Å². The molecule has 3 aliphatic heterocycles. The molecule has 9 nitrogen and oxygen atoms in total. The van der Waals surface area contributed by atoms with Gasteiger partial charge in [0.2, 0.25) is 11.6 Å². The van der Waals surface area contributed by atoms with Crippen molar-refractivity contribution in [3.63, 3.8) is 0 Å². The van der Waals surface area contributed by atoms with Crippen molar-refractivity contribution in [2.24, 2.45) is 0 Å². The molecular weight excluding hydrogens is 466 g/mol. The number of rotatable bonds is 3. The SMILES string of the molecule is Cl.O=C1C=C(N2CC2)C(=O)C(N2CC2)=C1N1CC1.O=P([O-])([O-])[O-].[K+].[K+].[K+]. The second-order valence-corrected chi connectivity index (χ2v) is 6.22. The molecule has 0 aromatic carbocycles. The molecule has 0 amide bonds. The molecule has 0 aromatic rings. The Labute approximate surface area is 285 Å². The zero-order valence-corrected chi connectivity index (χ0v) is 26.0. The van der Waals surface area contributed by atoms with Gasteiger partial charge in [-0.15, -0.1) is 12.4 Å². The van der Waals surface area contributed by atoms with Crippen molar-refractivity contribution in [2.75, 3.05) is 39.3 Å². The smallest absolute Gasteiger partial charge is 0.822 e. The number of phosphoric acid groups is 1. The van der Waals surface area contributed by atoms with Crippen LogP contribution in [0, 0.1) is 0 Å². The van der Waals surface area contributed by atoms with Gasteiger partial charge in [0.1, 0.15) is 11.4 Å². The van der Waals surface area contributed by atoms with Crippen LogP contribution in [0.2, 0.25) is 0 Å². The summed E-state index contributed by atoms with van der Waals surface area (Å²) in [4.78, 5) is 56.1. The molecule has 4 rings (SSSR count). The Bertz CT molecular complexity index is 650. The molecule has 14 heteroatoms. The third kappa shape index (κ3) is 9.77. The monoisotopic (exact) mass is 479 g/mol. The first-order valence-electron chi connectivity index (χ1n) is 6.78. The summed E-state index contributed by atoms with van der Waals surface area (Å²) in [6.07, 6.45) is 1.52. The summed E-state index contributed by atoms with van der Waals surface area (Å²) in [6.45, 7) is 5.41. The molecule has 3 heterocycles. The van der Waals surface area contributed by atoms with E-state index in [9.17, 15) is 9.59 Å². The quantitative estimate of drug-likeness (QED) is 0.168. The molecule has 0 unspecified atom stereocenters. The van der Waals surface area contributed by atoms with Gasteiger partial charge in [-0.1, -0.05) is 0 Å². The van der Waals surface area contributed by atoms with E-state index in [4.69, 9.17) is 19.2 Å². The largest absolute Gasteiger partial charge is 1.00 e. The predicted molar refractivity (Wildman–Crippen MR) is 74.7 cm³/mol. The molecule has 1 aliphatic carbocycles. The number of hydrogen-bond acceptors (Lipinski definition) is 9. The van der Waals surface area contributed by atoms with Crippen LogP contribution in [0.3, 0.4) is 0 Å². The number of ketones is 2. The average molecular weight is 480 g/mol. The Hall–Kier alpha value is 3.53. The Morgan fingerprint density at radius 3 is 1.46 bits per heavy atom. The third-order valence-electron chi connectivity index (χ3n) is 3.49. The fourth-order valence-corrected chi connectivity index (χ4v) is 2.28. The van der Waals surface area contributed by atoms with Crippen LogP contribution in [0.5, 0.6) is 0 Å². The van der Waals surface area contributed by atoms with Crippen molar-refractivity contribution in [3.8, 4) is 0 Å². The molecule has 3 fully saturated rings. The Morgan fingerprint density at radius 1 is 0.769 bits per heavy atom. The summed E-state index contributed by atoms with van der Waals surface area (Å²) < 4.78 is 8.55. The van der Waals surface area contributed by atoms with E-state index in [1.54, 1.807) is 0 Å². The summed E-state index contributed by atoms with van der Waals surface area (Å²) in [5.41, 5.74) is 1.89. The van der Waals surface area contributed by atoms with Crippen LogP contribution in [-0.4, -0.2) is 65.5 Å². The van der Waals surface area contributed by atoms with Crippen LogP contribution in [0.25, 0.3) is 0 Å². The second-order valence-electron chi connectivity index (χ2n) is 5.33. The molecule has 0 aromatic heterocycles. The van der Waals surface area contributed by atoms with E-state index < -0.39 is 7.82 Å². The summed E-state index contributed by atoms with van der Waals surface area (Å²) in [6, 6.07) is 0. The Kier molecular flexibility index (Phi) is 16.1. The fraction of sp³-hybridized carbons (Fsp3) is 0.500. The zero-order valence-electron chi connectivity index (χ0n) is 15.0. The Morgan fingerprint density at radius 2 is 1.12 bits per heavy atom. The van der Waals surface area contributed by atoms with E-state index in [1.165, 1.54) is 6.08 Å². The first kappa shape index (κ1) is 31.7. The van der Waals surface area contributed by atoms with Gasteiger partial charge in [0, 0.05) is 45.3 Å². The molecule has 0 saturated carbocycles. The van der Waals surface area contributed by atoms with E-state index in [1.807, 2.05) is 14.7 Å². The van der Waals surface area contributed by atoms with Crippen LogP contribution >= 0.6 is 20.2 Å². The van der Waals surface area contributed by atoms with Gasteiger partial charge in [0.05, 0.1) is 5.70 Å². The van der Waals surface area contributed by atoms with E-state index in [0.717, 1.165) is 39.3 Å². The van der Waals surface area contributed by atoms with Crippen molar-refractivity contribution >= 4 is 31.8 Å². The topological polar surface area (TPSA) is 129 Å². The minimum Gasteiger partial charge on any atom is -0.822 e. The van der Waals surface area contributed by atoms with Crippen LogP contribution in [-0.2, 0) is 14.2 Å². The number of carbonyl (C=O) groups is 2. The van der Waals surface area contributed by atoms with E-state index >= 15 is 0 Å². The van der Waals surface area contributed by atoms with E-state index in [0.29, 0.717) is 17.1 Å². The first-order chi connectivity index (χ1) is 10.3. The van der Waals surface area contributed by atoms with Crippen molar-refractivity contribution in [1.82, 2.24) is 14.7 Å². The molecule has 26 heavy (non-hydrogen) atoms. The van der Waals surface area contributed by atoms with Crippen LogP contribution in [0.1, 0.15) is 0 Å².